The second kappa shape index (κ2) is 6.33. The monoisotopic (exact) mass is 244 g/mol. The van der Waals surface area contributed by atoms with E-state index < -0.39 is 11.5 Å². The first kappa shape index (κ1) is 14.4. The Labute approximate surface area is 103 Å². The Morgan fingerprint density at radius 3 is 2.53 bits per heavy atom. The summed E-state index contributed by atoms with van der Waals surface area (Å²) < 4.78 is 5.31. The highest BCUT2D eigenvalue weighted by Crippen LogP contribution is 2.16. The number of aliphatic carboxylic acids is 1. The van der Waals surface area contributed by atoms with Crippen LogP contribution in [0.4, 0.5) is 0 Å². The fourth-order valence-corrected chi connectivity index (χ4v) is 2.34. The molecule has 100 valence electrons. The number of likely N-dealkylation sites (N-methyl/N-ethyl adjacent to an activating group) is 1. The molecule has 1 fully saturated rings. The molecular weight excluding hydrogens is 220 g/mol. The van der Waals surface area contributed by atoms with Gasteiger partial charge in [-0.3, -0.25) is 4.79 Å². The van der Waals surface area contributed by atoms with Crippen LogP contribution >= 0.6 is 0 Å². The van der Waals surface area contributed by atoms with Crippen LogP contribution in [0.25, 0.3) is 0 Å². The van der Waals surface area contributed by atoms with E-state index in [1.807, 2.05) is 6.92 Å². The topological polar surface area (TPSA) is 61.8 Å². The van der Waals surface area contributed by atoms with Gasteiger partial charge in [0.25, 0.3) is 0 Å². The van der Waals surface area contributed by atoms with Crippen molar-refractivity contribution in [3.63, 3.8) is 0 Å². The van der Waals surface area contributed by atoms with Crippen molar-refractivity contribution >= 4 is 5.97 Å². The number of nitrogens with zero attached hydrogens (tertiary/aromatic N) is 1. The van der Waals surface area contributed by atoms with Crippen LogP contribution in [0.3, 0.4) is 0 Å². The zero-order chi connectivity index (χ0) is 12.9. The maximum Gasteiger partial charge on any atom is 0.324 e. The zero-order valence-corrected chi connectivity index (χ0v) is 11.0. The highest BCUT2D eigenvalue weighted by molar-refractivity contribution is 5.78. The molecule has 0 bridgehead atoms. The van der Waals surface area contributed by atoms with Gasteiger partial charge >= 0.3 is 5.97 Å². The minimum atomic E-state index is -0.853. The molecule has 1 unspecified atom stereocenters. The summed E-state index contributed by atoms with van der Waals surface area (Å²) in [5, 5.41) is 12.3. The quantitative estimate of drug-likeness (QED) is 0.714. The van der Waals surface area contributed by atoms with Gasteiger partial charge in [0.05, 0.1) is 6.10 Å². The van der Waals surface area contributed by atoms with Gasteiger partial charge in [0.15, 0.2) is 0 Å². The largest absolute Gasteiger partial charge is 0.480 e. The van der Waals surface area contributed by atoms with Crippen molar-refractivity contribution in [3.8, 4) is 0 Å². The molecule has 5 nitrogen and oxygen atoms in total. The molecule has 0 aromatic rings. The van der Waals surface area contributed by atoms with Crippen LogP contribution in [-0.2, 0) is 9.53 Å². The molecule has 0 saturated carbocycles. The molecule has 1 aliphatic rings. The van der Waals surface area contributed by atoms with Gasteiger partial charge in [0.1, 0.15) is 5.54 Å². The summed E-state index contributed by atoms with van der Waals surface area (Å²) in [6.07, 6.45) is 2.30. The normalized spacial score (nSPS) is 22.3. The molecule has 17 heavy (non-hydrogen) atoms. The predicted octanol–water partition coefficient (Wildman–Crippen LogP) is 0.550. The molecule has 1 atom stereocenters. The van der Waals surface area contributed by atoms with E-state index in [1.54, 1.807) is 14.0 Å². The Morgan fingerprint density at radius 1 is 1.53 bits per heavy atom. The molecular formula is C12H24N2O3. The van der Waals surface area contributed by atoms with Gasteiger partial charge in [-0.2, -0.15) is 0 Å². The summed E-state index contributed by atoms with van der Waals surface area (Å²) in [5.41, 5.74) is -0.853. The van der Waals surface area contributed by atoms with Gasteiger partial charge in [-0.1, -0.05) is 6.92 Å². The number of hydrogen-bond acceptors (Lipinski definition) is 4. The zero-order valence-electron chi connectivity index (χ0n) is 11.0. The lowest BCUT2D eigenvalue weighted by molar-refractivity contribution is -0.145. The highest BCUT2D eigenvalue weighted by Gasteiger charge is 2.35. The van der Waals surface area contributed by atoms with Crippen LogP contribution in [0, 0.1) is 0 Å². The fraction of sp³-hybridized carbons (Fsp3) is 0.917. The van der Waals surface area contributed by atoms with Crippen molar-refractivity contribution in [2.45, 2.75) is 38.3 Å². The minimum absolute atomic E-state index is 0.335. The van der Waals surface area contributed by atoms with Crippen LogP contribution < -0.4 is 5.32 Å². The summed E-state index contributed by atoms with van der Waals surface area (Å²) in [6, 6.07) is 0. The van der Waals surface area contributed by atoms with Crippen molar-refractivity contribution in [2.75, 3.05) is 33.3 Å². The van der Waals surface area contributed by atoms with Crippen LogP contribution in [0.1, 0.15) is 26.7 Å². The fourth-order valence-electron chi connectivity index (χ4n) is 2.34. The maximum absolute atomic E-state index is 11.3. The van der Waals surface area contributed by atoms with Crippen LogP contribution in [0.5, 0.6) is 0 Å². The number of hydrogen-bond donors (Lipinski definition) is 2. The summed E-state index contributed by atoms with van der Waals surface area (Å²) in [7, 11) is 1.74. The third-order valence-corrected chi connectivity index (χ3v) is 3.45. The molecule has 0 aromatic carbocycles. The molecule has 2 N–H and O–H groups in total. The smallest absolute Gasteiger partial charge is 0.324 e. The molecule has 1 heterocycles. The van der Waals surface area contributed by atoms with E-state index in [-0.39, 0.29) is 0 Å². The molecule has 0 radical (unpaired) electrons. The number of rotatable bonds is 6. The lowest BCUT2D eigenvalue weighted by Gasteiger charge is -2.37. The van der Waals surface area contributed by atoms with Crippen molar-refractivity contribution in [1.29, 1.82) is 0 Å². The number of nitrogens with one attached hydrogen (secondary N) is 1. The van der Waals surface area contributed by atoms with Gasteiger partial charge in [-0.05, 0) is 26.3 Å². The van der Waals surface area contributed by atoms with Crippen LogP contribution in [0.2, 0.25) is 0 Å². The van der Waals surface area contributed by atoms with Gasteiger partial charge in [-0.25, -0.2) is 0 Å². The van der Waals surface area contributed by atoms with Crippen molar-refractivity contribution in [3.05, 3.63) is 0 Å². The standard InChI is InChI=1S/C12H24N2O3/c1-4-13-12(2,11(15)16)9-14-7-5-10(17-3)6-8-14/h10,13H,4-9H2,1-3H3,(H,15,16). The summed E-state index contributed by atoms with van der Waals surface area (Å²) in [4.78, 5) is 13.5. The first-order valence-corrected chi connectivity index (χ1v) is 6.25. The number of likely N-dealkylation sites (tertiary alicyclic amines) is 1. The van der Waals surface area contributed by atoms with E-state index in [4.69, 9.17) is 4.74 Å². The van der Waals surface area contributed by atoms with E-state index in [0.29, 0.717) is 19.2 Å². The summed E-state index contributed by atoms with van der Waals surface area (Å²) >= 11 is 0. The van der Waals surface area contributed by atoms with E-state index in [9.17, 15) is 9.90 Å². The Hall–Kier alpha value is -0.650. The van der Waals surface area contributed by atoms with Crippen LogP contribution in [-0.4, -0.2) is 60.9 Å². The molecule has 0 aromatic heterocycles. The SMILES string of the molecule is CCNC(C)(CN1CCC(OC)CC1)C(=O)O. The average Bonchev–Trinajstić information content (AvgIpc) is 2.30. The van der Waals surface area contributed by atoms with E-state index in [0.717, 1.165) is 25.9 Å². The molecule has 0 spiro atoms. The first-order chi connectivity index (χ1) is 8.01. The van der Waals surface area contributed by atoms with Crippen molar-refractivity contribution in [1.82, 2.24) is 10.2 Å². The third-order valence-electron chi connectivity index (χ3n) is 3.45. The first-order valence-electron chi connectivity index (χ1n) is 6.25. The Balaban J connectivity index is 2.49. The second-order valence-electron chi connectivity index (χ2n) is 4.88. The number of carboxylic acids is 1. The Kier molecular flexibility index (Phi) is 5.36. The average molecular weight is 244 g/mol. The van der Waals surface area contributed by atoms with Gasteiger partial charge in [0.2, 0.25) is 0 Å². The lowest BCUT2D eigenvalue weighted by Crippen LogP contribution is -2.58. The van der Waals surface area contributed by atoms with Gasteiger partial charge in [0, 0.05) is 26.7 Å². The van der Waals surface area contributed by atoms with E-state index in [1.165, 1.54) is 0 Å². The summed E-state index contributed by atoms with van der Waals surface area (Å²) in [5.74, 6) is -0.784. The molecule has 1 saturated heterocycles. The second-order valence-corrected chi connectivity index (χ2v) is 4.88. The van der Waals surface area contributed by atoms with Crippen molar-refractivity contribution in [2.24, 2.45) is 0 Å². The number of ether oxygens (including phenoxy) is 1. The van der Waals surface area contributed by atoms with Crippen LogP contribution in [0.15, 0.2) is 0 Å². The Bertz CT molecular complexity index is 252. The highest BCUT2D eigenvalue weighted by atomic mass is 16.5. The minimum Gasteiger partial charge on any atom is -0.480 e. The predicted molar refractivity (Wildman–Crippen MR) is 66.2 cm³/mol. The van der Waals surface area contributed by atoms with E-state index in [2.05, 4.69) is 10.2 Å². The Morgan fingerprint density at radius 2 is 2.12 bits per heavy atom. The molecule has 0 aliphatic carbocycles. The van der Waals surface area contributed by atoms with E-state index >= 15 is 0 Å². The third kappa shape index (κ3) is 3.94. The lowest BCUT2D eigenvalue weighted by atomic mass is 9.99. The number of carboxylic acid groups (broad SMARTS) is 1. The van der Waals surface area contributed by atoms with Crippen molar-refractivity contribution < 1.29 is 14.6 Å². The number of carbonyl (C=O) groups is 1. The molecule has 5 heteroatoms. The number of piperidine rings is 1. The molecule has 1 aliphatic heterocycles. The molecule has 0 amide bonds. The maximum atomic E-state index is 11.3. The van der Waals surface area contributed by atoms with Gasteiger partial charge in [-0.15, -0.1) is 0 Å². The molecule has 1 rings (SSSR count). The van der Waals surface area contributed by atoms with Gasteiger partial charge < -0.3 is 20.1 Å². The summed E-state index contributed by atoms with van der Waals surface area (Å²) in [6.45, 7) is 6.71. The number of methoxy groups -OCH3 is 1.